The maximum atomic E-state index is 11.6. The maximum Gasteiger partial charge on any atom is 0.252 e. The van der Waals surface area contributed by atoms with Crippen LogP contribution in [0, 0.1) is 0 Å². The summed E-state index contributed by atoms with van der Waals surface area (Å²) in [7, 11) is 1.54. The zero-order chi connectivity index (χ0) is 15.2. The van der Waals surface area contributed by atoms with Crippen LogP contribution in [-0.2, 0) is 4.74 Å². The van der Waals surface area contributed by atoms with Crippen LogP contribution in [-0.4, -0.2) is 37.8 Å². The molecule has 0 atom stereocenters. The molecule has 0 fully saturated rings. The summed E-state index contributed by atoms with van der Waals surface area (Å²) in [5.74, 6) is 0.332. The van der Waals surface area contributed by atoms with E-state index < -0.39 is 5.91 Å². The summed E-state index contributed by atoms with van der Waals surface area (Å²) in [6.07, 6.45) is 1.61. The largest absolute Gasteiger partial charge is 0.490 e. The SMILES string of the molecule is CCOCCOc1cc2c(OC)nccc2cc1C(N)=O. The number of nitrogens with zero attached hydrogens (tertiary/aromatic N) is 1. The van der Waals surface area contributed by atoms with Gasteiger partial charge >= 0.3 is 0 Å². The van der Waals surface area contributed by atoms with Crippen molar-refractivity contribution in [2.45, 2.75) is 6.92 Å². The van der Waals surface area contributed by atoms with Gasteiger partial charge in [-0.1, -0.05) is 0 Å². The average Bonchev–Trinajstić information content (AvgIpc) is 2.50. The van der Waals surface area contributed by atoms with Gasteiger partial charge < -0.3 is 19.9 Å². The van der Waals surface area contributed by atoms with E-state index in [0.29, 0.717) is 37.0 Å². The molecular weight excluding hydrogens is 272 g/mol. The Morgan fingerprint density at radius 2 is 2.14 bits per heavy atom. The van der Waals surface area contributed by atoms with E-state index in [1.165, 1.54) is 0 Å². The standard InChI is InChI=1S/C15H18N2O4/c1-3-20-6-7-21-13-9-11-10(8-12(13)14(16)18)4-5-17-15(11)19-2/h4-5,8-9H,3,6-7H2,1-2H3,(H2,16,18). The van der Waals surface area contributed by atoms with Crippen LogP contribution in [0.5, 0.6) is 11.6 Å². The minimum atomic E-state index is -0.543. The minimum Gasteiger partial charge on any atom is -0.490 e. The van der Waals surface area contributed by atoms with E-state index in [0.717, 1.165) is 10.8 Å². The summed E-state index contributed by atoms with van der Waals surface area (Å²) < 4.78 is 16.0. The second-order valence-electron chi connectivity index (χ2n) is 4.30. The number of methoxy groups -OCH3 is 1. The Labute approximate surface area is 122 Å². The number of pyridine rings is 1. The number of hydrogen-bond acceptors (Lipinski definition) is 5. The Balaban J connectivity index is 2.40. The molecule has 0 aliphatic carbocycles. The molecule has 0 radical (unpaired) electrons. The molecule has 0 saturated heterocycles. The molecule has 1 heterocycles. The lowest BCUT2D eigenvalue weighted by atomic mass is 10.1. The summed E-state index contributed by atoms with van der Waals surface area (Å²) in [5, 5.41) is 1.57. The zero-order valence-electron chi connectivity index (χ0n) is 12.1. The highest BCUT2D eigenvalue weighted by molar-refractivity contribution is 6.01. The van der Waals surface area contributed by atoms with Crippen molar-refractivity contribution in [3.63, 3.8) is 0 Å². The number of fused-ring (bicyclic) bond motifs is 1. The summed E-state index contributed by atoms with van der Waals surface area (Å²) in [6, 6.07) is 5.18. The Morgan fingerprint density at radius 1 is 1.33 bits per heavy atom. The van der Waals surface area contributed by atoms with E-state index in [4.69, 9.17) is 19.9 Å². The fourth-order valence-electron chi connectivity index (χ4n) is 2.00. The molecule has 1 amide bonds. The molecule has 0 aliphatic rings. The van der Waals surface area contributed by atoms with Crippen molar-refractivity contribution in [1.82, 2.24) is 4.98 Å². The van der Waals surface area contributed by atoms with E-state index in [-0.39, 0.29) is 0 Å². The van der Waals surface area contributed by atoms with Gasteiger partial charge in [0.1, 0.15) is 12.4 Å². The summed E-state index contributed by atoms with van der Waals surface area (Å²) in [5.41, 5.74) is 5.74. The molecule has 2 N–H and O–H groups in total. The third-order valence-corrected chi connectivity index (χ3v) is 2.98. The van der Waals surface area contributed by atoms with Crippen LogP contribution < -0.4 is 15.2 Å². The number of rotatable bonds is 7. The molecule has 0 spiro atoms. The highest BCUT2D eigenvalue weighted by Gasteiger charge is 2.14. The predicted molar refractivity (Wildman–Crippen MR) is 78.8 cm³/mol. The molecule has 0 saturated carbocycles. The first-order valence-corrected chi connectivity index (χ1v) is 6.64. The normalized spacial score (nSPS) is 10.6. The van der Waals surface area contributed by atoms with E-state index in [1.807, 2.05) is 6.92 Å². The number of carbonyl (C=O) groups is 1. The lowest BCUT2D eigenvalue weighted by molar-refractivity contribution is 0.0979. The Bertz CT molecular complexity index is 643. The topological polar surface area (TPSA) is 83.7 Å². The first-order valence-electron chi connectivity index (χ1n) is 6.64. The van der Waals surface area contributed by atoms with Gasteiger partial charge in [0.25, 0.3) is 5.91 Å². The van der Waals surface area contributed by atoms with Crippen molar-refractivity contribution in [3.05, 3.63) is 30.0 Å². The zero-order valence-corrected chi connectivity index (χ0v) is 12.1. The second-order valence-corrected chi connectivity index (χ2v) is 4.30. The van der Waals surface area contributed by atoms with Gasteiger partial charge in [-0.2, -0.15) is 0 Å². The van der Waals surface area contributed by atoms with Crippen LogP contribution in [0.25, 0.3) is 10.8 Å². The van der Waals surface area contributed by atoms with Crippen molar-refractivity contribution in [2.24, 2.45) is 5.73 Å². The third kappa shape index (κ3) is 3.41. The van der Waals surface area contributed by atoms with Crippen LogP contribution >= 0.6 is 0 Å². The lowest BCUT2D eigenvalue weighted by Crippen LogP contribution is -2.15. The molecule has 21 heavy (non-hydrogen) atoms. The van der Waals surface area contributed by atoms with Gasteiger partial charge in [0.05, 0.1) is 19.3 Å². The Hall–Kier alpha value is -2.34. The average molecular weight is 290 g/mol. The van der Waals surface area contributed by atoms with Gasteiger partial charge in [0, 0.05) is 18.2 Å². The van der Waals surface area contributed by atoms with Crippen LogP contribution in [0.1, 0.15) is 17.3 Å². The number of amides is 1. The molecule has 0 aliphatic heterocycles. The third-order valence-electron chi connectivity index (χ3n) is 2.98. The lowest BCUT2D eigenvalue weighted by Gasteiger charge is -2.12. The molecule has 1 aromatic heterocycles. The number of primary amides is 1. The van der Waals surface area contributed by atoms with Gasteiger partial charge in [-0.15, -0.1) is 0 Å². The molecular formula is C15H18N2O4. The molecule has 0 unspecified atom stereocenters. The number of hydrogen-bond donors (Lipinski definition) is 1. The van der Waals surface area contributed by atoms with Crippen molar-refractivity contribution in [1.29, 1.82) is 0 Å². The molecule has 0 bridgehead atoms. The molecule has 112 valence electrons. The molecule has 6 nitrogen and oxygen atoms in total. The molecule has 2 rings (SSSR count). The van der Waals surface area contributed by atoms with E-state index >= 15 is 0 Å². The van der Waals surface area contributed by atoms with E-state index in [9.17, 15) is 4.79 Å². The monoisotopic (exact) mass is 290 g/mol. The number of carbonyl (C=O) groups excluding carboxylic acids is 1. The number of ether oxygens (including phenoxy) is 3. The molecule has 1 aromatic carbocycles. The maximum absolute atomic E-state index is 11.6. The summed E-state index contributed by atoms with van der Waals surface area (Å²) in [4.78, 5) is 15.7. The number of benzene rings is 1. The van der Waals surface area contributed by atoms with Crippen LogP contribution in [0.2, 0.25) is 0 Å². The van der Waals surface area contributed by atoms with E-state index in [1.54, 1.807) is 31.5 Å². The van der Waals surface area contributed by atoms with Gasteiger partial charge in [-0.25, -0.2) is 4.98 Å². The smallest absolute Gasteiger partial charge is 0.252 e. The first kappa shape index (κ1) is 15.1. The predicted octanol–water partition coefficient (Wildman–Crippen LogP) is 1.76. The molecule has 6 heteroatoms. The first-order chi connectivity index (χ1) is 10.2. The summed E-state index contributed by atoms with van der Waals surface area (Å²) in [6.45, 7) is 3.29. The molecule has 2 aromatic rings. The van der Waals surface area contributed by atoms with Crippen molar-refractivity contribution >= 4 is 16.7 Å². The number of aromatic nitrogens is 1. The van der Waals surface area contributed by atoms with Crippen LogP contribution in [0.4, 0.5) is 0 Å². The number of nitrogens with two attached hydrogens (primary N) is 1. The van der Waals surface area contributed by atoms with Gasteiger partial charge in [-0.05, 0) is 30.5 Å². The fraction of sp³-hybridized carbons (Fsp3) is 0.333. The highest BCUT2D eigenvalue weighted by Crippen LogP contribution is 2.30. The second kappa shape index (κ2) is 6.90. The van der Waals surface area contributed by atoms with Crippen LogP contribution in [0.3, 0.4) is 0 Å². The minimum absolute atomic E-state index is 0.326. The van der Waals surface area contributed by atoms with Crippen molar-refractivity contribution in [2.75, 3.05) is 26.9 Å². The van der Waals surface area contributed by atoms with Gasteiger partial charge in [0.2, 0.25) is 5.88 Å². The summed E-state index contributed by atoms with van der Waals surface area (Å²) >= 11 is 0. The van der Waals surface area contributed by atoms with E-state index in [2.05, 4.69) is 4.98 Å². The fourth-order valence-corrected chi connectivity index (χ4v) is 2.00. The van der Waals surface area contributed by atoms with Gasteiger partial charge in [0.15, 0.2) is 0 Å². The quantitative estimate of drug-likeness (QED) is 0.785. The van der Waals surface area contributed by atoms with Crippen molar-refractivity contribution < 1.29 is 19.0 Å². The Morgan fingerprint density at radius 3 is 2.81 bits per heavy atom. The highest BCUT2D eigenvalue weighted by atomic mass is 16.5. The van der Waals surface area contributed by atoms with Gasteiger partial charge in [-0.3, -0.25) is 4.79 Å². The van der Waals surface area contributed by atoms with Crippen LogP contribution in [0.15, 0.2) is 24.4 Å². The van der Waals surface area contributed by atoms with Crippen molar-refractivity contribution in [3.8, 4) is 11.6 Å². The Kier molecular flexibility index (Phi) is 4.94.